The van der Waals surface area contributed by atoms with Gasteiger partial charge in [0.25, 0.3) is 0 Å². The summed E-state index contributed by atoms with van der Waals surface area (Å²) in [6.45, 7) is 1.95. The molecule has 1 unspecified atom stereocenters. The Bertz CT molecular complexity index is 713. The summed E-state index contributed by atoms with van der Waals surface area (Å²) in [5, 5.41) is 17.6. The van der Waals surface area contributed by atoms with Crippen LogP contribution in [0.3, 0.4) is 0 Å². The summed E-state index contributed by atoms with van der Waals surface area (Å²) in [5.41, 5.74) is 3.29. The van der Waals surface area contributed by atoms with Crippen molar-refractivity contribution in [3.8, 4) is 0 Å². The van der Waals surface area contributed by atoms with Gasteiger partial charge < -0.3 is 10.4 Å². The summed E-state index contributed by atoms with van der Waals surface area (Å²) in [7, 11) is 0. The van der Waals surface area contributed by atoms with Gasteiger partial charge in [-0.25, -0.2) is 9.67 Å². The Balaban J connectivity index is 1.52. The highest BCUT2D eigenvalue weighted by atomic mass is 16.3. The Hall–Kier alpha value is -2.50. The van der Waals surface area contributed by atoms with Gasteiger partial charge >= 0.3 is 0 Å². The second-order valence-corrected chi connectivity index (χ2v) is 5.47. The number of nitrogens with one attached hydrogen (secondary N) is 1. The van der Waals surface area contributed by atoms with Crippen molar-refractivity contribution in [2.75, 3.05) is 6.54 Å². The van der Waals surface area contributed by atoms with E-state index < -0.39 is 6.10 Å². The smallest absolute Gasteiger partial charge is 0.137 e. The zero-order valence-corrected chi connectivity index (χ0v) is 12.8. The van der Waals surface area contributed by atoms with Gasteiger partial charge in [-0.1, -0.05) is 54.6 Å². The highest BCUT2D eigenvalue weighted by Crippen LogP contribution is 2.11. The maximum atomic E-state index is 10.1. The van der Waals surface area contributed by atoms with E-state index in [2.05, 4.69) is 33.6 Å². The fraction of sp³-hybridized carbons (Fsp3) is 0.222. The highest BCUT2D eigenvalue weighted by molar-refractivity contribution is 5.23. The molecule has 0 amide bonds. The van der Waals surface area contributed by atoms with Crippen LogP contribution in [0.15, 0.2) is 67.3 Å². The molecule has 1 aromatic heterocycles. The summed E-state index contributed by atoms with van der Waals surface area (Å²) >= 11 is 0. The zero-order valence-electron chi connectivity index (χ0n) is 12.8. The first-order valence-corrected chi connectivity index (χ1v) is 7.65. The Morgan fingerprint density at radius 1 is 1.04 bits per heavy atom. The lowest BCUT2D eigenvalue weighted by molar-refractivity contribution is 0.174. The van der Waals surface area contributed by atoms with Crippen LogP contribution >= 0.6 is 0 Å². The van der Waals surface area contributed by atoms with Crippen LogP contribution < -0.4 is 5.32 Å². The van der Waals surface area contributed by atoms with Crippen molar-refractivity contribution in [3.05, 3.63) is 83.9 Å². The minimum absolute atomic E-state index is 0.491. The van der Waals surface area contributed by atoms with Crippen LogP contribution in [-0.2, 0) is 13.1 Å². The first kappa shape index (κ1) is 15.4. The van der Waals surface area contributed by atoms with Gasteiger partial charge in [0.1, 0.15) is 12.7 Å². The molecule has 0 spiro atoms. The minimum Gasteiger partial charge on any atom is -0.387 e. The van der Waals surface area contributed by atoms with Crippen LogP contribution in [0.2, 0.25) is 0 Å². The van der Waals surface area contributed by atoms with Crippen molar-refractivity contribution in [3.63, 3.8) is 0 Å². The Kier molecular flexibility index (Phi) is 5.13. The Morgan fingerprint density at radius 3 is 2.65 bits per heavy atom. The lowest BCUT2D eigenvalue weighted by Gasteiger charge is -2.12. The number of aliphatic hydroxyl groups excluding tert-OH is 1. The first-order valence-electron chi connectivity index (χ1n) is 7.65. The lowest BCUT2D eigenvalue weighted by atomic mass is 10.1. The molecule has 0 saturated carbocycles. The number of benzene rings is 2. The summed E-state index contributed by atoms with van der Waals surface area (Å²) in [6, 6.07) is 18.0. The van der Waals surface area contributed by atoms with Crippen molar-refractivity contribution in [2.45, 2.75) is 19.2 Å². The van der Waals surface area contributed by atoms with Crippen LogP contribution in [-0.4, -0.2) is 26.4 Å². The molecule has 0 aliphatic carbocycles. The molecule has 118 valence electrons. The fourth-order valence-corrected chi connectivity index (χ4v) is 2.49. The number of hydrogen-bond donors (Lipinski definition) is 2. The molecule has 0 aliphatic rings. The third-order valence-corrected chi connectivity index (χ3v) is 3.65. The largest absolute Gasteiger partial charge is 0.387 e. The molecular weight excluding hydrogens is 288 g/mol. The molecule has 1 atom stereocenters. The topological polar surface area (TPSA) is 63.0 Å². The SMILES string of the molecule is OC(CNCc1cccc(Cn2cncn2)c1)c1ccccc1. The summed E-state index contributed by atoms with van der Waals surface area (Å²) in [6.07, 6.45) is 2.76. The van der Waals surface area contributed by atoms with E-state index in [-0.39, 0.29) is 0 Å². The normalized spacial score (nSPS) is 12.2. The van der Waals surface area contributed by atoms with Gasteiger partial charge in [-0.05, 0) is 16.7 Å². The van der Waals surface area contributed by atoms with Crippen molar-refractivity contribution >= 4 is 0 Å². The fourth-order valence-electron chi connectivity index (χ4n) is 2.49. The van der Waals surface area contributed by atoms with Crippen molar-refractivity contribution in [2.24, 2.45) is 0 Å². The van der Waals surface area contributed by atoms with Crippen molar-refractivity contribution in [1.82, 2.24) is 20.1 Å². The maximum Gasteiger partial charge on any atom is 0.137 e. The summed E-state index contributed by atoms with van der Waals surface area (Å²) in [5.74, 6) is 0. The average molecular weight is 308 g/mol. The Morgan fingerprint density at radius 2 is 1.87 bits per heavy atom. The number of aliphatic hydroxyl groups is 1. The maximum absolute atomic E-state index is 10.1. The third-order valence-electron chi connectivity index (χ3n) is 3.65. The van der Waals surface area contributed by atoms with E-state index >= 15 is 0 Å². The van der Waals surface area contributed by atoms with Crippen LogP contribution in [0.1, 0.15) is 22.8 Å². The summed E-state index contributed by atoms with van der Waals surface area (Å²) < 4.78 is 1.80. The van der Waals surface area contributed by atoms with Gasteiger partial charge in [0.05, 0.1) is 12.6 Å². The molecule has 5 heteroatoms. The summed E-state index contributed by atoms with van der Waals surface area (Å²) in [4.78, 5) is 3.95. The minimum atomic E-state index is -0.491. The Labute approximate surface area is 135 Å². The molecule has 5 nitrogen and oxygen atoms in total. The van der Waals surface area contributed by atoms with Gasteiger partial charge in [-0.2, -0.15) is 5.10 Å². The van der Waals surface area contributed by atoms with E-state index in [4.69, 9.17) is 0 Å². The molecule has 0 aliphatic heterocycles. The van der Waals surface area contributed by atoms with E-state index in [0.29, 0.717) is 13.1 Å². The molecule has 3 rings (SSSR count). The number of rotatable bonds is 7. The second-order valence-electron chi connectivity index (χ2n) is 5.47. The van der Waals surface area contributed by atoms with E-state index in [1.807, 2.05) is 36.4 Å². The second kappa shape index (κ2) is 7.67. The van der Waals surface area contributed by atoms with Gasteiger partial charge in [0.15, 0.2) is 0 Å². The number of aromatic nitrogens is 3. The molecule has 3 aromatic rings. The van der Waals surface area contributed by atoms with E-state index in [0.717, 1.165) is 12.1 Å². The number of hydrogen-bond acceptors (Lipinski definition) is 4. The third kappa shape index (κ3) is 4.48. The van der Waals surface area contributed by atoms with Crippen LogP contribution in [0.5, 0.6) is 0 Å². The van der Waals surface area contributed by atoms with Gasteiger partial charge in [-0.15, -0.1) is 0 Å². The highest BCUT2D eigenvalue weighted by Gasteiger charge is 2.06. The standard InChI is InChI=1S/C18H20N4O/c23-18(17-7-2-1-3-8-17)11-19-10-15-5-4-6-16(9-15)12-22-14-20-13-21-22/h1-9,13-14,18-19,23H,10-12H2. The number of nitrogens with zero attached hydrogens (tertiary/aromatic N) is 3. The van der Waals surface area contributed by atoms with Gasteiger partial charge in [0, 0.05) is 13.1 Å². The van der Waals surface area contributed by atoms with Crippen molar-refractivity contribution < 1.29 is 5.11 Å². The monoisotopic (exact) mass is 308 g/mol. The molecular formula is C18H20N4O. The predicted octanol–water partition coefficient (Wildman–Crippen LogP) is 2.15. The average Bonchev–Trinajstić information content (AvgIpc) is 3.09. The zero-order chi connectivity index (χ0) is 15.9. The predicted molar refractivity (Wildman–Crippen MR) is 88.7 cm³/mol. The van der Waals surface area contributed by atoms with E-state index in [9.17, 15) is 5.11 Å². The van der Waals surface area contributed by atoms with Crippen molar-refractivity contribution in [1.29, 1.82) is 0 Å². The first-order chi connectivity index (χ1) is 11.3. The molecule has 2 N–H and O–H groups in total. The molecule has 0 fully saturated rings. The molecule has 0 saturated heterocycles. The van der Waals surface area contributed by atoms with Crippen LogP contribution in [0.4, 0.5) is 0 Å². The molecule has 23 heavy (non-hydrogen) atoms. The van der Waals surface area contributed by atoms with Crippen LogP contribution in [0, 0.1) is 0 Å². The molecule has 0 bridgehead atoms. The quantitative estimate of drug-likeness (QED) is 0.702. The van der Waals surface area contributed by atoms with Gasteiger partial charge in [0.2, 0.25) is 0 Å². The van der Waals surface area contributed by atoms with Gasteiger partial charge in [-0.3, -0.25) is 0 Å². The van der Waals surface area contributed by atoms with E-state index in [1.54, 1.807) is 11.0 Å². The molecule has 0 radical (unpaired) electrons. The lowest BCUT2D eigenvalue weighted by Crippen LogP contribution is -2.21. The van der Waals surface area contributed by atoms with E-state index in [1.165, 1.54) is 17.5 Å². The van der Waals surface area contributed by atoms with Crippen LogP contribution in [0.25, 0.3) is 0 Å². The molecule has 1 heterocycles. The molecule has 2 aromatic carbocycles.